The summed E-state index contributed by atoms with van der Waals surface area (Å²) in [6, 6.07) is 0. The maximum absolute atomic E-state index is 11.0. The lowest BCUT2D eigenvalue weighted by Gasteiger charge is -2.59. The fourth-order valence-electron chi connectivity index (χ4n) is 7.59. The van der Waals surface area contributed by atoms with E-state index in [0.29, 0.717) is 11.3 Å². The predicted molar refractivity (Wildman–Crippen MR) is 97.0 cm³/mol. The molecule has 1 aliphatic heterocycles. The molecular weight excluding hydrogens is 312 g/mol. The zero-order valence-corrected chi connectivity index (χ0v) is 16.1. The minimum Gasteiger partial charge on any atom is -0.390 e. The molecule has 3 heteroatoms. The van der Waals surface area contributed by atoms with E-state index in [1.165, 1.54) is 32.1 Å². The van der Waals surface area contributed by atoms with E-state index in [1.807, 2.05) is 0 Å². The smallest absolute Gasteiger partial charge is 0.172 e. The highest BCUT2D eigenvalue weighted by atomic mass is 16.7. The lowest BCUT2D eigenvalue weighted by Crippen LogP contribution is -2.54. The summed E-state index contributed by atoms with van der Waals surface area (Å²) in [6.45, 7) is 8.50. The van der Waals surface area contributed by atoms with Gasteiger partial charge in [0.25, 0.3) is 0 Å². The van der Waals surface area contributed by atoms with Crippen LogP contribution in [0.15, 0.2) is 11.6 Å². The average Bonchev–Trinajstić information content (AvgIpc) is 3.11. The number of allylic oxidation sites excluding steroid dienone is 1. The number of hydrogen-bond acceptors (Lipinski definition) is 3. The van der Waals surface area contributed by atoms with Crippen molar-refractivity contribution in [3.8, 4) is 0 Å². The van der Waals surface area contributed by atoms with E-state index >= 15 is 0 Å². The second kappa shape index (κ2) is 5.11. The first-order chi connectivity index (χ1) is 11.8. The summed E-state index contributed by atoms with van der Waals surface area (Å²) in [5.41, 5.74) is 1.56. The molecule has 1 N–H and O–H groups in total. The Balaban J connectivity index is 1.46. The fourth-order valence-corrected chi connectivity index (χ4v) is 7.59. The minimum atomic E-state index is -0.477. The highest BCUT2D eigenvalue weighted by Crippen LogP contribution is 2.67. The molecule has 1 saturated heterocycles. The topological polar surface area (TPSA) is 38.7 Å². The van der Waals surface area contributed by atoms with Crippen LogP contribution in [0.3, 0.4) is 0 Å². The van der Waals surface area contributed by atoms with Crippen molar-refractivity contribution < 1.29 is 14.6 Å². The molecule has 1 heterocycles. The lowest BCUT2D eigenvalue weighted by molar-refractivity contribution is -0.187. The van der Waals surface area contributed by atoms with Crippen molar-refractivity contribution in [2.24, 2.45) is 28.6 Å². The minimum absolute atomic E-state index is 0.115. The molecule has 0 aromatic carbocycles. The molecule has 6 atom stereocenters. The monoisotopic (exact) mass is 346 g/mol. The van der Waals surface area contributed by atoms with Crippen LogP contribution in [-0.2, 0) is 9.47 Å². The van der Waals surface area contributed by atoms with Crippen molar-refractivity contribution in [2.75, 3.05) is 13.2 Å². The van der Waals surface area contributed by atoms with E-state index in [4.69, 9.17) is 9.47 Å². The molecule has 3 nitrogen and oxygen atoms in total. The second-order valence-corrected chi connectivity index (χ2v) is 10.3. The summed E-state index contributed by atoms with van der Waals surface area (Å²) < 4.78 is 12.1. The molecule has 0 aromatic rings. The van der Waals surface area contributed by atoms with Crippen LogP contribution in [-0.4, -0.2) is 29.7 Å². The summed E-state index contributed by atoms with van der Waals surface area (Å²) in [6.07, 6.45) is 11.6. The Morgan fingerprint density at radius 1 is 0.960 bits per heavy atom. The molecule has 0 radical (unpaired) electrons. The van der Waals surface area contributed by atoms with Gasteiger partial charge in [-0.2, -0.15) is 0 Å². The third-order valence-corrected chi connectivity index (χ3v) is 9.49. The van der Waals surface area contributed by atoms with E-state index in [0.717, 1.165) is 44.3 Å². The largest absolute Gasteiger partial charge is 0.390 e. The summed E-state index contributed by atoms with van der Waals surface area (Å²) in [5.74, 6) is 1.91. The summed E-state index contributed by atoms with van der Waals surface area (Å²) in [7, 11) is 0. The second-order valence-electron chi connectivity index (χ2n) is 10.3. The Labute approximate surface area is 152 Å². The highest BCUT2D eigenvalue weighted by molar-refractivity contribution is 5.27. The molecule has 0 amide bonds. The Kier molecular flexibility index (Phi) is 3.43. The van der Waals surface area contributed by atoms with Gasteiger partial charge in [0, 0.05) is 12.8 Å². The normalized spacial score (nSPS) is 53.9. The molecule has 5 rings (SSSR count). The number of rotatable bonds is 0. The number of fused-ring (bicyclic) bond motifs is 5. The zero-order valence-electron chi connectivity index (χ0n) is 16.1. The van der Waals surface area contributed by atoms with Crippen LogP contribution in [0.4, 0.5) is 0 Å². The van der Waals surface area contributed by atoms with Gasteiger partial charge in [0.2, 0.25) is 0 Å². The van der Waals surface area contributed by atoms with Crippen molar-refractivity contribution in [3.05, 3.63) is 11.6 Å². The van der Waals surface area contributed by atoms with Crippen LogP contribution in [0.1, 0.15) is 72.1 Å². The van der Waals surface area contributed by atoms with Gasteiger partial charge in [-0.05, 0) is 74.0 Å². The highest BCUT2D eigenvalue weighted by Gasteiger charge is 2.63. The maximum atomic E-state index is 11.0. The molecule has 0 aromatic heterocycles. The molecule has 1 spiro atoms. The SMILES string of the molecule is C[C@]12CCC3(CC1=CC[C@@H]1[C@@H]2CC[C@@]2(C)[C@H]1CC[C@]2(C)O)OCCO3. The first-order valence-corrected chi connectivity index (χ1v) is 10.5. The van der Waals surface area contributed by atoms with Crippen LogP contribution in [0.5, 0.6) is 0 Å². The van der Waals surface area contributed by atoms with E-state index in [1.54, 1.807) is 5.57 Å². The maximum Gasteiger partial charge on any atom is 0.172 e. The van der Waals surface area contributed by atoms with Gasteiger partial charge in [-0.15, -0.1) is 0 Å². The lowest BCUT2D eigenvalue weighted by atomic mass is 9.47. The van der Waals surface area contributed by atoms with Crippen molar-refractivity contribution >= 4 is 0 Å². The fraction of sp³-hybridized carbons (Fsp3) is 0.909. The number of aliphatic hydroxyl groups is 1. The third-order valence-electron chi connectivity index (χ3n) is 9.49. The standard InChI is InChI=1S/C22H34O3/c1-19-10-11-22(24-12-13-25-22)14-15(19)4-5-16-17(19)6-8-20(2)18(16)7-9-21(20,3)23/h4,16-18,23H,5-14H2,1-3H3/t16-,17+,18+,19+,20+,21+/m1/s1. The molecule has 25 heavy (non-hydrogen) atoms. The number of hydrogen-bond donors (Lipinski definition) is 1. The van der Waals surface area contributed by atoms with Crippen molar-refractivity contribution in [1.29, 1.82) is 0 Å². The molecule has 0 unspecified atom stereocenters. The molecule has 140 valence electrons. The molecule has 0 bridgehead atoms. The van der Waals surface area contributed by atoms with Crippen LogP contribution < -0.4 is 0 Å². The zero-order chi connectivity index (χ0) is 17.5. The molecule has 5 aliphatic rings. The predicted octanol–water partition coefficient (Wildman–Crippen LogP) is 4.44. The van der Waals surface area contributed by atoms with Crippen LogP contribution in [0.2, 0.25) is 0 Å². The Morgan fingerprint density at radius 3 is 2.44 bits per heavy atom. The van der Waals surface area contributed by atoms with Crippen LogP contribution in [0.25, 0.3) is 0 Å². The van der Waals surface area contributed by atoms with Gasteiger partial charge < -0.3 is 14.6 Å². The van der Waals surface area contributed by atoms with Gasteiger partial charge in [0.1, 0.15) is 0 Å². The van der Waals surface area contributed by atoms with Crippen LogP contribution >= 0.6 is 0 Å². The summed E-state index contributed by atoms with van der Waals surface area (Å²) >= 11 is 0. The van der Waals surface area contributed by atoms with E-state index < -0.39 is 5.60 Å². The Morgan fingerprint density at radius 2 is 1.68 bits per heavy atom. The van der Waals surface area contributed by atoms with Crippen molar-refractivity contribution in [2.45, 2.75) is 83.5 Å². The van der Waals surface area contributed by atoms with Gasteiger partial charge in [0.05, 0.1) is 18.8 Å². The summed E-state index contributed by atoms with van der Waals surface area (Å²) in [5, 5.41) is 11.0. The molecule has 4 aliphatic carbocycles. The quantitative estimate of drug-likeness (QED) is 0.659. The Bertz CT molecular complexity index is 602. The Hall–Kier alpha value is -0.380. The third kappa shape index (κ3) is 2.09. The van der Waals surface area contributed by atoms with E-state index in [9.17, 15) is 5.11 Å². The van der Waals surface area contributed by atoms with Gasteiger partial charge >= 0.3 is 0 Å². The van der Waals surface area contributed by atoms with E-state index in [-0.39, 0.29) is 11.2 Å². The number of ether oxygens (including phenoxy) is 2. The first kappa shape index (κ1) is 16.8. The van der Waals surface area contributed by atoms with Gasteiger partial charge in [0.15, 0.2) is 5.79 Å². The van der Waals surface area contributed by atoms with E-state index in [2.05, 4.69) is 26.8 Å². The first-order valence-electron chi connectivity index (χ1n) is 10.5. The van der Waals surface area contributed by atoms with Gasteiger partial charge in [-0.1, -0.05) is 25.5 Å². The molecule has 4 fully saturated rings. The van der Waals surface area contributed by atoms with Crippen molar-refractivity contribution in [1.82, 2.24) is 0 Å². The molecule has 3 saturated carbocycles. The molecular formula is C22H34O3. The average molecular weight is 347 g/mol. The van der Waals surface area contributed by atoms with Crippen molar-refractivity contribution in [3.63, 3.8) is 0 Å². The van der Waals surface area contributed by atoms with Gasteiger partial charge in [-0.25, -0.2) is 0 Å². The summed E-state index contributed by atoms with van der Waals surface area (Å²) in [4.78, 5) is 0. The van der Waals surface area contributed by atoms with Crippen LogP contribution in [0, 0.1) is 28.6 Å². The van der Waals surface area contributed by atoms with Gasteiger partial charge in [-0.3, -0.25) is 0 Å².